The number of amides is 2. The molecule has 1 aromatic carbocycles. The summed E-state index contributed by atoms with van der Waals surface area (Å²) < 4.78 is 0. The normalized spacial score (nSPS) is 13.4. The molecule has 4 rings (SSSR count). The summed E-state index contributed by atoms with van der Waals surface area (Å²) >= 11 is 0.954. The van der Waals surface area contributed by atoms with Crippen molar-refractivity contribution in [3.05, 3.63) is 63.5 Å². The Bertz CT molecular complexity index is 1210. The van der Waals surface area contributed by atoms with Crippen LogP contribution in [0, 0.1) is 10.1 Å². The van der Waals surface area contributed by atoms with Crippen molar-refractivity contribution in [2.45, 2.75) is 6.92 Å². The lowest BCUT2D eigenvalue weighted by molar-refractivity contribution is -0.380. The van der Waals surface area contributed by atoms with Gasteiger partial charge in [0.1, 0.15) is 11.6 Å². The van der Waals surface area contributed by atoms with Crippen LogP contribution in [-0.4, -0.2) is 70.9 Å². The van der Waals surface area contributed by atoms with Crippen molar-refractivity contribution < 1.29 is 14.5 Å². The Morgan fingerprint density at radius 2 is 1.83 bits per heavy atom. The van der Waals surface area contributed by atoms with Crippen LogP contribution < -0.4 is 15.5 Å². The van der Waals surface area contributed by atoms with Gasteiger partial charge in [0.15, 0.2) is 5.82 Å². The van der Waals surface area contributed by atoms with E-state index < -0.39 is 4.92 Å². The number of nitrogens with one attached hydrogen (secondary N) is 2. The number of carbonyl (C=O) groups is 2. The van der Waals surface area contributed by atoms with E-state index in [4.69, 9.17) is 4.98 Å². The molecule has 182 valence electrons. The van der Waals surface area contributed by atoms with Gasteiger partial charge in [-0.15, -0.1) is 0 Å². The molecule has 1 aliphatic heterocycles. The second-order valence-corrected chi connectivity index (χ2v) is 8.81. The first-order valence-corrected chi connectivity index (χ1v) is 12.0. The molecule has 1 aliphatic rings. The van der Waals surface area contributed by atoms with E-state index in [1.165, 1.54) is 18.4 Å². The number of hydrogen-bond donors (Lipinski definition) is 2. The minimum atomic E-state index is -0.486. The predicted octanol–water partition coefficient (Wildman–Crippen LogP) is 2.62. The number of rotatable bonds is 8. The lowest BCUT2D eigenvalue weighted by Crippen LogP contribution is -2.49. The predicted molar refractivity (Wildman–Crippen MR) is 134 cm³/mol. The van der Waals surface area contributed by atoms with Gasteiger partial charge < -0.3 is 20.4 Å². The van der Waals surface area contributed by atoms with Crippen LogP contribution in [0.3, 0.4) is 0 Å². The van der Waals surface area contributed by atoms with Crippen molar-refractivity contribution in [2.75, 3.05) is 49.5 Å². The molecule has 2 N–H and O–H groups in total. The van der Waals surface area contributed by atoms with Gasteiger partial charge in [-0.3, -0.25) is 19.7 Å². The SMILES string of the molecule is CC(=O)NCCNc1cc(N2CCN(C(=O)c3csc([N+](=O)[O-])c3)CC2)nc(-c2ccccc2)n1. The fourth-order valence-corrected chi connectivity index (χ4v) is 4.38. The highest BCUT2D eigenvalue weighted by Gasteiger charge is 2.25. The molecular formula is C23H25N7O4S. The zero-order chi connectivity index (χ0) is 24.8. The van der Waals surface area contributed by atoms with Crippen LogP contribution in [0.15, 0.2) is 47.8 Å². The lowest BCUT2D eigenvalue weighted by Gasteiger charge is -2.35. The molecule has 1 fully saturated rings. The van der Waals surface area contributed by atoms with E-state index in [0.717, 1.165) is 22.7 Å². The largest absolute Gasteiger partial charge is 0.368 e. The highest BCUT2D eigenvalue weighted by molar-refractivity contribution is 7.13. The molecule has 1 saturated heterocycles. The second kappa shape index (κ2) is 10.9. The van der Waals surface area contributed by atoms with Crippen LogP contribution in [0.2, 0.25) is 0 Å². The summed E-state index contributed by atoms with van der Waals surface area (Å²) in [6, 6.07) is 12.9. The molecule has 0 unspecified atom stereocenters. The minimum Gasteiger partial charge on any atom is -0.368 e. The molecule has 0 atom stereocenters. The third kappa shape index (κ3) is 6.09. The molecule has 3 aromatic rings. The number of aromatic nitrogens is 2. The molecule has 0 bridgehead atoms. The summed E-state index contributed by atoms with van der Waals surface area (Å²) in [6.45, 7) is 4.52. The maximum absolute atomic E-state index is 12.8. The van der Waals surface area contributed by atoms with E-state index >= 15 is 0 Å². The van der Waals surface area contributed by atoms with Gasteiger partial charge in [0.2, 0.25) is 5.91 Å². The maximum Gasteiger partial charge on any atom is 0.324 e. The number of carbonyl (C=O) groups excluding carboxylic acids is 2. The summed E-state index contributed by atoms with van der Waals surface area (Å²) in [5, 5.41) is 18.4. The van der Waals surface area contributed by atoms with Crippen molar-refractivity contribution in [2.24, 2.45) is 0 Å². The Morgan fingerprint density at radius 3 is 2.49 bits per heavy atom. The van der Waals surface area contributed by atoms with Gasteiger partial charge >= 0.3 is 5.00 Å². The number of thiophene rings is 1. The quantitative estimate of drug-likeness (QED) is 0.277. The Kier molecular flexibility index (Phi) is 7.51. The van der Waals surface area contributed by atoms with Crippen LogP contribution in [0.4, 0.5) is 16.6 Å². The molecule has 0 spiro atoms. The summed E-state index contributed by atoms with van der Waals surface area (Å²) in [5.41, 5.74) is 1.22. The van der Waals surface area contributed by atoms with E-state index in [0.29, 0.717) is 56.5 Å². The van der Waals surface area contributed by atoms with E-state index in [9.17, 15) is 19.7 Å². The summed E-state index contributed by atoms with van der Waals surface area (Å²) in [4.78, 5) is 47.6. The first kappa shape index (κ1) is 24.1. The van der Waals surface area contributed by atoms with Crippen molar-refractivity contribution in [1.29, 1.82) is 0 Å². The highest BCUT2D eigenvalue weighted by atomic mass is 32.1. The fraction of sp³-hybridized carbons (Fsp3) is 0.304. The van der Waals surface area contributed by atoms with Crippen molar-refractivity contribution in [3.63, 3.8) is 0 Å². The number of nitrogens with zero attached hydrogens (tertiary/aromatic N) is 5. The third-order valence-electron chi connectivity index (χ3n) is 5.45. The highest BCUT2D eigenvalue weighted by Crippen LogP contribution is 2.26. The zero-order valence-corrected chi connectivity index (χ0v) is 20.0. The monoisotopic (exact) mass is 495 g/mol. The van der Waals surface area contributed by atoms with Gasteiger partial charge in [0.25, 0.3) is 5.91 Å². The van der Waals surface area contributed by atoms with Crippen LogP contribution in [-0.2, 0) is 4.79 Å². The molecule has 12 heteroatoms. The topological polar surface area (TPSA) is 134 Å². The van der Waals surface area contributed by atoms with Gasteiger partial charge in [0.05, 0.1) is 10.5 Å². The Hall–Kier alpha value is -4.06. The van der Waals surface area contributed by atoms with Crippen molar-refractivity contribution >= 4 is 39.8 Å². The number of benzene rings is 1. The minimum absolute atomic E-state index is 0.0417. The molecule has 0 saturated carbocycles. The molecular weight excluding hydrogens is 470 g/mol. The number of nitro groups is 1. The van der Waals surface area contributed by atoms with E-state index in [-0.39, 0.29) is 16.8 Å². The van der Waals surface area contributed by atoms with Crippen molar-refractivity contribution in [1.82, 2.24) is 20.2 Å². The number of anilines is 2. The Balaban J connectivity index is 1.47. The first-order chi connectivity index (χ1) is 16.9. The lowest BCUT2D eigenvalue weighted by atomic mass is 10.2. The number of hydrogen-bond acceptors (Lipinski definition) is 9. The van der Waals surface area contributed by atoms with Gasteiger partial charge in [-0.05, 0) is 0 Å². The fourth-order valence-electron chi connectivity index (χ4n) is 3.69. The molecule has 3 heterocycles. The molecule has 11 nitrogen and oxygen atoms in total. The third-order valence-corrected chi connectivity index (χ3v) is 6.33. The first-order valence-electron chi connectivity index (χ1n) is 11.1. The van der Waals surface area contributed by atoms with Gasteiger partial charge in [-0.25, -0.2) is 9.97 Å². The van der Waals surface area contributed by atoms with Gasteiger partial charge in [-0.1, -0.05) is 41.7 Å². The average molecular weight is 496 g/mol. The van der Waals surface area contributed by atoms with E-state index in [1.807, 2.05) is 36.4 Å². The standard InChI is InChI=1S/C23H25N7O4S/c1-16(31)24-7-8-25-19-14-20(27-22(26-19)17-5-3-2-4-6-17)28-9-11-29(12-10-28)23(32)18-13-21(30(33)34)35-15-18/h2-6,13-15H,7-12H2,1H3,(H,24,31)(H,25,26,27). The molecule has 2 aromatic heterocycles. The maximum atomic E-state index is 12.8. The summed E-state index contributed by atoms with van der Waals surface area (Å²) in [5.74, 6) is 1.66. The Labute approximate surface area is 205 Å². The smallest absolute Gasteiger partial charge is 0.324 e. The van der Waals surface area contributed by atoms with E-state index in [1.54, 1.807) is 4.90 Å². The number of piperazine rings is 1. The van der Waals surface area contributed by atoms with Crippen LogP contribution >= 0.6 is 11.3 Å². The molecule has 35 heavy (non-hydrogen) atoms. The summed E-state index contributed by atoms with van der Waals surface area (Å²) in [6.07, 6.45) is 0. The average Bonchev–Trinajstić information content (AvgIpc) is 3.37. The molecule has 0 radical (unpaired) electrons. The van der Waals surface area contributed by atoms with Crippen molar-refractivity contribution in [3.8, 4) is 11.4 Å². The van der Waals surface area contributed by atoms with Crippen LogP contribution in [0.5, 0.6) is 0 Å². The van der Waals surface area contributed by atoms with Gasteiger partial charge in [0, 0.05) is 69.3 Å². The molecule has 2 amide bonds. The molecule has 0 aliphatic carbocycles. The zero-order valence-electron chi connectivity index (χ0n) is 19.1. The summed E-state index contributed by atoms with van der Waals surface area (Å²) in [7, 11) is 0. The van der Waals surface area contributed by atoms with Crippen LogP contribution in [0.25, 0.3) is 11.4 Å². The van der Waals surface area contributed by atoms with Gasteiger partial charge in [-0.2, -0.15) is 0 Å². The van der Waals surface area contributed by atoms with E-state index in [2.05, 4.69) is 20.5 Å². The van der Waals surface area contributed by atoms with Crippen LogP contribution in [0.1, 0.15) is 17.3 Å². The Morgan fingerprint density at radius 1 is 1.09 bits per heavy atom. The second-order valence-electron chi connectivity index (χ2n) is 7.92.